The summed E-state index contributed by atoms with van der Waals surface area (Å²) in [5.41, 5.74) is 2.54. The quantitative estimate of drug-likeness (QED) is 0.706. The molecule has 0 bridgehead atoms. The first kappa shape index (κ1) is 16.2. The van der Waals surface area contributed by atoms with Gasteiger partial charge in [0.05, 0.1) is 19.3 Å². The first-order chi connectivity index (χ1) is 10.3. The average Bonchev–Trinajstić information content (AvgIpc) is 2.90. The van der Waals surface area contributed by atoms with Gasteiger partial charge in [0.25, 0.3) is 0 Å². The third-order valence-corrected chi connectivity index (χ3v) is 3.72. The largest absolute Gasteiger partial charge is 0.383 e. The summed E-state index contributed by atoms with van der Waals surface area (Å²) in [6.07, 6.45) is 6.27. The van der Waals surface area contributed by atoms with E-state index in [2.05, 4.69) is 50.7 Å². The normalized spacial score (nSPS) is 11.0. The van der Waals surface area contributed by atoms with E-state index in [0.29, 0.717) is 0 Å². The zero-order chi connectivity index (χ0) is 14.9. The van der Waals surface area contributed by atoms with Crippen LogP contribution in [0.1, 0.15) is 17.5 Å². The number of aryl methyl sites for hydroxylation is 1. The van der Waals surface area contributed by atoms with E-state index < -0.39 is 0 Å². The summed E-state index contributed by atoms with van der Waals surface area (Å²) >= 11 is 3.50. The van der Waals surface area contributed by atoms with E-state index >= 15 is 0 Å². The van der Waals surface area contributed by atoms with Crippen molar-refractivity contribution >= 4 is 15.9 Å². The molecule has 114 valence electrons. The van der Waals surface area contributed by atoms with E-state index in [0.717, 1.165) is 43.6 Å². The Morgan fingerprint density at radius 2 is 2.19 bits per heavy atom. The standard InChI is InChI=1S/C16H22BrN3O/c1-21-9-8-18-7-3-5-15-11-19-20(13-15)12-14-4-2-6-16(17)10-14/h2,4,6,10-11,13,18H,3,5,7-9,12H2,1H3. The number of benzene rings is 1. The van der Waals surface area contributed by atoms with Crippen molar-refractivity contribution in [3.63, 3.8) is 0 Å². The van der Waals surface area contributed by atoms with Crippen LogP contribution in [0, 0.1) is 0 Å². The second kappa shape index (κ2) is 8.97. The van der Waals surface area contributed by atoms with E-state index in [4.69, 9.17) is 4.74 Å². The minimum absolute atomic E-state index is 0.768. The number of aromatic nitrogens is 2. The van der Waals surface area contributed by atoms with Crippen LogP contribution < -0.4 is 5.32 Å². The van der Waals surface area contributed by atoms with Crippen LogP contribution in [0.3, 0.4) is 0 Å². The topological polar surface area (TPSA) is 39.1 Å². The molecule has 1 heterocycles. The number of rotatable bonds is 9. The maximum absolute atomic E-state index is 5.00. The summed E-state index contributed by atoms with van der Waals surface area (Å²) in [6.45, 7) is 3.51. The second-order valence-electron chi connectivity index (χ2n) is 5.02. The lowest BCUT2D eigenvalue weighted by molar-refractivity contribution is 0.199. The van der Waals surface area contributed by atoms with Gasteiger partial charge in [0.2, 0.25) is 0 Å². The monoisotopic (exact) mass is 351 g/mol. The second-order valence-corrected chi connectivity index (χ2v) is 5.94. The summed E-state index contributed by atoms with van der Waals surface area (Å²) in [5, 5.41) is 7.78. The molecule has 0 aliphatic carbocycles. The molecule has 0 aliphatic heterocycles. The lowest BCUT2D eigenvalue weighted by Gasteiger charge is -2.03. The number of methoxy groups -OCH3 is 1. The minimum Gasteiger partial charge on any atom is -0.383 e. The summed E-state index contributed by atoms with van der Waals surface area (Å²) in [5.74, 6) is 0. The fourth-order valence-electron chi connectivity index (χ4n) is 2.16. The minimum atomic E-state index is 0.768. The van der Waals surface area contributed by atoms with Crippen molar-refractivity contribution in [2.45, 2.75) is 19.4 Å². The molecule has 21 heavy (non-hydrogen) atoms. The number of hydrogen-bond donors (Lipinski definition) is 1. The Balaban J connectivity index is 1.74. The van der Waals surface area contributed by atoms with Crippen LogP contribution in [0.2, 0.25) is 0 Å². The van der Waals surface area contributed by atoms with Crippen molar-refractivity contribution in [1.82, 2.24) is 15.1 Å². The zero-order valence-electron chi connectivity index (χ0n) is 12.4. The predicted molar refractivity (Wildman–Crippen MR) is 88.5 cm³/mol. The van der Waals surface area contributed by atoms with Gasteiger partial charge in [0.1, 0.15) is 0 Å². The maximum Gasteiger partial charge on any atom is 0.0659 e. The van der Waals surface area contributed by atoms with Crippen LogP contribution in [0.5, 0.6) is 0 Å². The van der Waals surface area contributed by atoms with Gasteiger partial charge in [-0.1, -0.05) is 28.1 Å². The van der Waals surface area contributed by atoms with E-state index in [-0.39, 0.29) is 0 Å². The molecule has 0 amide bonds. The number of nitrogens with zero attached hydrogens (tertiary/aromatic N) is 2. The van der Waals surface area contributed by atoms with Crippen LogP contribution in [0.25, 0.3) is 0 Å². The van der Waals surface area contributed by atoms with Crippen molar-refractivity contribution < 1.29 is 4.74 Å². The molecule has 0 saturated carbocycles. The fraction of sp³-hybridized carbons (Fsp3) is 0.438. The molecular weight excluding hydrogens is 330 g/mol. The first-order valence-electron chi connectivity index (χ1n) is 7.23. The fourth-order valence-corrected chi connectivity index (χ4v) is 2.61. The highest BCUT2D eigenvalue weighted by molar-refractivity contribution is 9.10. The Bertz CT molecular complexity index is 542. The number of ether oxygens (including phenoxy) is 1. The lowest BCUT2D eigenvalue weighted by atomic mass is 10.2. The molecule has 0 atom stereocenters. The Morgan fingerprint density at radius 1 is 1.29 bits per heavy atom. The highest BCUT2D eigenvalue weighted by Gasteiger charge is 2.00. The smallest absolute Gasteiger partial charge is 0.0659 e. The van der Waals surface area contributed by atoms with Gasteiger partial charge >= 0.3 is 0 Å². The lowest BCUT2D eigenvalue weighted by Crippen LogP contribution is -2.20. The molecular formula is C16H22BrN3O. The van der Waals surface area contributed by atoms with Crippen molar-refractivity contribution in [2.75, 3.05) is 26.8 Å². The van der Waals surface area contributed by atoms with E-state index in [1.807, 2.05) is 16.9 Å². The van der Waals surface area contributed by atoms with Crippen LogP contribution in [0.4, 0.5) is 0 Å². The third kappa shape index (κ3) is 5.99. The van der Waals surface area contributed by atoms with Crippen LogP contribution in [0.15, 0.2) is 41.1 Å². The molecule has 0 unspecified atom stereocenters. The zero-order valence-corrected chi connectivity index (χ0v) is 14.0. The van der Waals surface area contributed by atoms with Gasteiger partial charge in [0.15, 0.2) is 0 Å². The predicted octanol–water partition coefficient (Wildman–Crippen LogP) is 2.86. The van der Waals surface area contributed by atoms with Gasteiger partial charge in [0, 0.05) is 24.3 Å². The van der Waals surface area contributed by atoms with Crippen LogP contribution in [-0.4, -0.2) is 36.6 Å². The summed E-state index contributed by atoms with van der Waals surface area (Å²) in [7, 11) is 1.72. The van der Waals surface area contributed by atoms with Gasteiger partial charge in [-0.3, -0.25) is 4.68 Å². The molecule has 2 rings (SSSR count). The number of halogens is 1. The van der Waals surface area contributed by atoms with Crippen molar-refractivity contribution in [3.8, 4) is 0 Å². The van der Waals surface area contributed by atoms with Crippen LogP contribution >= 0.6 is 15.9 Å². The molecule has 0 saturated heterocycles. The molecule has 5 heteroatoms. The van der Waals surface area contributed by atoms with Gasteiger partial charge < -0.3 is 10.1 Å². The molecule has 1 N–H and O–H groups in total. The Hall–Kier alpha value is -1.17. The van der Waals surface area contributed by atoms with Crippen molar-refractivity contribution in [2.24, 2.45) is 0 Å². The van der Waals surface area contributed by atoms with Gasteiger partial charge in [-0.05, 0) is 42.6 Å². The van der Waals surface area contributed by atoms with E-state index in [1.54, 1.807) is 7.11 Å². The Kier molecular flexibility index (Phi) is 6.92. The molecule has 1 aromatic heterocycles. The van der Waals surface area contributed by atoms with Gasteiger partial charge in [-0.2, -0.15) is 5.10 Å². The third-order valence-electron chi connectivity index (χ3n) is 3.22. The Labute approximate surface area is 134 Å². The van der Waals surface area contributed by atoms with E-state index in [9.17, 15) is 0 Å². The first-order valence-corrected chi connectivity index (χ1v) is 8.02. The molecule has 2 aromatic rings. The summed E-state index contributed by atoms with van der Waals surface area (Å²) < 4.78 is 8.10. The molecule has 0 fully saturated rings. The average molecular weight is 352 g/mol. The molecule has 0 radical (unpaired) electrons. The van der Waals surface area contributed by atoms with E-state index in [1.165, 1.54) is 11.1 Å². The molecule has 0 spiro atoms. The SMILES string of the molecule is COCCNCCCc1cnn(Cc2cccc(Br)c2)c1. The van der Waals surface area contributed by atoms with Crippen LogP contribution in [-0.2, 0) is 17.7 Å². The summed E-state index contributed by atoms with van der Waals surface area (Å²) in [4.78, 5) is 0. The molecule has 0 aliphatic rings. The highest BCUT2D eigenvalue weighted by atomic mass is 79.9. The van der Waals surface area contributed by atoms with Gasteiger partial charge in [-0.25, -0.2) is 0 Å². The van der Waals surface area contributed by atoms with Crippen molar-refractivity contribution in [1.29, 1.82) is 0 Å². The number of nitrogens with one attached hydrogen (secondary N) is 1. The van der Waals surface area contributed by atoms with Crippen molar-refractivity contribution in [3.05, 3.63) is 52.3 Å². The highest BCUT2D eigenvalue weighted by Crippen LogP contribution is 2.13. The summed E-state index contributed by atoms with van der Waals surface area (Å²) in [6, 6.07) is 8.33. The number of hydrogen-bond acceptors (Lipinski definition) is 3. The molecule has 1 aromatic carbocycles. The maximum atomic E-state index is 5.00. The Morgan fingerprint density at radius 3 is 3.00 bits per heavy atom. The molecule has 4 nitrogen and oxygen atoms in total. The van der Waals surface area contributed by atoms with Gasteiger partial charge in [-0.15, -0.1) is 0 Å².